The first-order valence-electron chi connectivity index (χ1n) is 3.09. The number of quaternary nitrogens is 1. The zero-order chi connectivity index (χ0) is 7.78. The van der Waals surface area contributed by atoms with Crippen LogP contribution in [0.3, 0.4) is 0 Å². The highest BCUT2D eigenvalue weighted by atomic mass is 32.1. The predicted octanol–water partition coefficient (Wildman–Crippen LogP) is 1.65. The zero-order valence-corrected chi connectivity index (χ0v) is 7.27. The maximum Gasteiger partial charge on any atom is 0.177 e. The van der Waals surface area contributed by atoms with Crippen molar-refractivity contribution < 1.29 is 5.11 Å². The first-order valence-corrected chi connectivity index (χ1v) is 3.97. The quantitative estimate of drug-likeness (QED) is 0.616. The maximum atomic E-state index is 9.02. The van der Waals surface area contributed by atoms with Crippen LogP contribution >= 0.6 is 11.3 Å². The molecule has 0 saturated carbocycles. The Morgan fingerprint density at radius 1 is 1.40 bits per heavy atom. The SMILES string of the molecule is C[N+](C)(C)c1csc(O)c1. The van der Waals surface area contributed by atoms with Crippen LogP contribution in [0.1, 0.15) is 0 Å². The molecule has 0 radical (unpaired) electrons. The molecule has 0 aromatic carbocycles. The average molecular weight is 158 g/mol. The maximum absolute atomic E-state index is 9.02. The Kier molecular flexibility index (Phi) is 1.70. The third-order valence-electron chi connectivity index (χ3n) is 1.35. The van der Waals surface area contributed by atoms with Crippen LogP contribution in [0, 0.1) is 0 Å². The number of aromatic hydroxyl groups is 1. The molecule has 56 valence electrons. The molecule has 2 nitrogen and oxygen atoms in total. The van der Waals surface area contributed by atoms with Gasteiger partial charge >= 0.3 is 0 Å². The van der Waals surface area contributed by atoms with Gasteiger partial charge in [0.25, 0.3) is 0 Å². The number of hydrogen-bond acceptors (Lipinski definition) is 2. The number of rotatable bonds is 1. The van der Waals surface area contributed by atoms with Gasteiger partial charge in [0.15, 0.2) is 5.06 Å². The smallest absolute Gasteiger partial charge is 0.177 e. The van der Waals surface area contributed by atoms with Crippen LogP contribution < -0.4 is 4.48 Å². The molecule has 0 spiro atoms. The zero-order valence-electron chi connectivity index (χ0n) is 6.46. The van der Waals surface area contributed by atoms with Gasteiger partial charge in [0.05, 0.1) is 32.6 Å². The second kappa shape index (κ2) is 2.25. The molecule has 1 rings (SSSR count). The van der Waals surface area contributed by atoms with Crippen LogP contribution in [0.25, 0.3) is 0 Å². The Morgan fingerprint density at radius 2 is 2.00 bits per heavy atom. The van der Waals surface area contributed by atoms with E-state index < -0.39 is 0 Å². The van der Waals surface area contributed by atoms with Crippen molar-refractivity contribution in [1.29, 1.82) is 0 Å². The second-order valence-electron chi connectivity index (χ2n) is 3.16. The lowest BCUT2D eigenvalue weighted by molar-refractivity contribution is 0.474. The van der Waals surface area contributed by atoms with Crippen molar-refractivity contribution in [3.8, 4) is 5.06 Å². The normalized spacial score (nSPS) is 11.9. The van der Waals surface area contributed by atoms with Crippen LogP contribution in [-0.2, 0) is 0 Å². The van der Waals surface area contributed by atoms with Crippen LogP contribution in [0.4, 0.5) is 5.69 Å². The van der Waals surface area contributed by atoms with E-state index in [0.29, 0.717) is 5.06 Å². The summed E-state index contributed by atoms with van der Waals surface area (Å²) in [5.74, 6) is 0. The minimum absolute atomic E-state index is 0.392. The van der Waals surface area contributed by atoms with Gasteiger partial charge in [-0.1, -0.05) is 0 Å². The molecular formula is C7H12NOS+. The van der Waals surface area contributed by atoms with E-state index in [1.54, 1.807) is 6.07 Å². The molecule has 0 fully saturated rings. The van der Waals surface area contributed by atoms with E-state index in [1.807, 2.05) is 5.38 Å². The summed E-state index contributed by atoms with van der Waals surface area (Å²) in [5.41, 5.74) is 1.14. The molecule has 0 bridgehead atoms. The van der Waals surface area contributed by atoms with Gasteiger partial charge in [-0.05, 0) is 0 Å². The van der Waals surface area contributed by atoms with Crippen molar-refractivity contribution in [2.45, 2.75) is 0 Å². The van der Waals surface area contributed by atoms with Crippen molar-refractivity contribution in [2.75, 3.05) is 21.1 Å². The van der Waals surface area contributed by atoms with Crippen molar-refractivity contribution in [3.63, 3.8) is 0 Å². The molecule has 0 aliphatic heterocycles. The number of hydrogen-bond donors (Lipinski definition) is 1. The van der Waals surface area contributed by atoms with Crippen molar-refractivity contribution in [3.05, 3.63) is 11.4 Å². The van der Waals surface area contributed by atoms with Gasteiger partial charge in [-0.15, -0.1) is 11.3 Å². The fourth-order valence-electron chi connectivity index (χ4n) is 0.667. The summed E-state index contributed by atoms with van der Waals surface area (Å²) >= 11 is 1.37. The van der Waals surface area contributed by atoms with E-state index in [0.717, 1.165) is 10.2 Å². The first-order chi connectivity index (χ1) is 4.50. The highest BCUT2D eigenvalue weighted by Crippen LogP contribution is 2.29. The van der Waals surface area contributed by atoms with E-state index >= 15 is 0 Å². The van der Waals surface area contributed by atoms with E-state index in [-0.39, 0.29) is 0 Å². The summed E-state index contributed by atoms with van der Waals surface area (Å²) in [7, 11) is 6.21. The van der Waals surface area contributed by atoms with Gasteiger partial charge in [-0.3, -0.25) is 4.48 Å². The molecule has 1 heterocycles. The fraction of sp³-hybridized carbons (Fsp3) is 0.429. The summed E-state index contributed by atoms with van der Waals surface area (Å²) < 4.78 is 0.761. The van der Waals surface area contributed by atoms with Gasteiger partial charge < -0.3 is 5.11 Å². The lowest BCUT2D eigenvalue weighted by Crippen LogP contribution is -2.34. The van der Waals surface area contributed by atoms with Gasteiger partial charge in [-0.25, -0.2) is 0 Å². The fourth-order valence-corrected chi connectivity index (χ4v) is 1.48. The van der Waals surface area contributed by atoms with Gasteiger partial charge in [0, 0.05) is 0 Å². The third kappa shape index (κ3) is 1.49. The molecule has 1 aromatic rings. The molecule has 0 aliphatic rings. The minimum Gasteiger partial charge on any atom is -0.499 e. The van der Waals surface area contributed by atoms with E-state index in [9.17, 15) is 0 Å². The second-order valence-corrected chi connectivity index (χ2v) is 4.05. The molecule has 0 aliphatic carbocycles. The highest BCUT2D eigenvalue weighted by Gasteiger charge is 2.13. The van der Waals surface area contributed by atoms with E-state index in [4.69, 9.17) is 5.11 Å². The summed E-state index contributed by atoms with van der Waals surface area (Å²) in [6.45, 7) is 0. The van der Waals surface area contributed by atoms with E-state index in [2.05, 4.69) is 21.1 Å². The van der Waals surface area contributed by atoms with Gasteiger partial charge in [-0.2, -0.15) is 0 Å². The molecule has 3 heteroatoms. The Morgan fingerprint density at radius 3 is 2.20 bits per heavy atom. The van der Waals surface area contributed by atoms with Crippen LogP contribution in [0.5, 0.6) is 5.06 Å². The van der Waals surface area contributed by atoms with E-state index in [1.165, 1.54) is 11.3 Å². The Bertz CT molecular complexity index is 224. The van der Waals surface area contributed by atoms with Crippen molar-refractivity contribution >= 4 is 17.0 Å². The molecule has 10 heavy (non-hydrogen) atoms. The van der Waals surface area contributed by atoms with Crippen LogP contribution in [0.15, 0.2) is 11.4 Å². The number of thiophene rings is 1. The Labute approximate surface area is 64.9 Å². The van der Waals surface area contributed by atoms with Gasteiger partial charge in [0.2, 0.25) is 0 Å². The van der Waals surface area contributed by atoms with Gasteiger partial charge in [0.1, 0.15) is 5.69 Å². The Hall–Kier alpha value is -0.540. The molecule has 0 saturated heterocycles. The average Bonchev–Trinajstić information content (AvgIpc) is 2.11. The highest BCUT2D eigenvalue weighted by molar-refractivity contribution is 7.12. The minimum atomic E-state index is 0.392. The molecule has 0 atom stereocenters. The third-order valence-corrected chi connectivity index (χ3v) is 2.07. The largest absolute Gasteiger partial charge is 0.499 e. The van der Waals surface area contributed by atoms with Crippen LogP contribution in [0.2, 0.25) is 0 Å². The lowest BCUT2D eigenvalue weighted by Gasteiger charge is -2.20. The molecule has 1 N–H and O–H groups in total. The van der Waals surface area contributed by atoms with Crippen molar-refractivity contribution in [2.24, 2.45) is 0 Å². The first kappa shape index (κ1) is 7.57. The summed E-state index contributed by atoms with van der Waals surface area (Å²) in [5, 5.41) is 11.4. The summed E-state index contributed by atoms with van der Waals surface area (Å²) in [6.07, 6.45) is 0. The molecular weight excluding hydrogens is 146 g/mol. The topological polar surface area (TPSA) is 20.2 Å². The predicted molar refractivity (Wildman–Crippen MR) is 45.5 cm³/mol. The van der Waals surface area contributed by atoms with Crippen molar-refractivity contribution in [1.82, 2.24) is 4.48 Å². The molecule has 0 unspecified atom stereocenters. The standard InChI is InChI=1S/C7H11NOS/c1-8(2,3)6-4-7(9)10-5-6/h4-5H,1-3H3/p+1. The summed E-state index contributed by atoms with van der Waals surface area (Å²) in [6, 6.07) is 1.80. The lowest BCUT2D eigenvalue weighted by atomic mass is 10.4. The Balaban J connectivity index is 2.96. The monoisotopic (exact) mass is 158 g/mol. The number of nitrogens with zero attached hydrogens (tertiary/aromatic N) is 1. The summed E-state index contributed by atoms with van der Waals surface area (Å²) in [4.78, 5) is 0. The molecule has 1 aromatic heterocycles. The molecule has 0 amide bonds. The van der Waals surface area contributed by atoms with Crippen LogP contribution in [-0.4, -0.2) is 26.2 Å².